The Morgan fingerprint density at radius 1 is 1.25 bits per heavy atom. The SMILES string of the molecule is CNC(C)C1CCN(C2CCCOC2)CC1. The largest absolute Gasteiger partial charge is 0.380 e. The molecular formula is C13H26N2O. The molecule has 0 saturated carbocycles. The van der Waals surface area contributed by atoms with E-state index < -0.39 is 0 Å². The lowest BCUT2D eigenvalue weighted by Gasteiger charge is -2.40. The predicted octanol–water partition coefficient (Wildman–Crippen LogP) is 1.49. The molecule has 2 atom stereocenters. The van der Waals surface area contributed by atoms with Gasteiger partial charge in [0, 0.05) is 18.7 Å². The third kappa shape index (κ3) is 2.96. The summed E-state index contributed by atoms with van der Waals surface area (Å²) in [5, 5.41) is 3.39. The van der Waals surface area contributed by atoms with Crippen molar-refractivity contribution in [3.63, 3.8) is 0 Å². The van der Waals surface area contributed by atoms with Crippen molar-refractivity contribution in [3.8, 4) is 0 Å². The summed E-state index contributed by atoms with van der Waals surface area (Å²) in [5.74, 6) is 0.866. The number of piperidine rings is 1. The highest BCUT2D eigenvalue weighted by atomic mass is 16.5. The first-order valence-corrected chi connectivity index (χ1v) is 6.80. The van der Waals surface area contributed by atoms with Gasteiger partial charge in [0.25, 0.3) is 0 Å². The lowest BCUT2D eigenvalue weighted by atomic mass is 9.89. The second-order valence-electron chi connectivity index (χ2n) is 5.32. The van der Waals surface area contributed by atoms with Gasteiger partial charge in [-0.15, -0.1) is 0 Å². The van der Waals surface area contributed by atoms with Gasteiger partial charge >= 0.3 is 0 Å². The van der Waals surface area contributed by atoms with Gasteiger partial charge in [-0.1, -0.05) is 0 Å². The van der Waals surface area contributed by atoms with Gasteiger partial charge in [0.2, 0.25) is 0 Å². The molecule has 2 saturated heterocycles. The fraction of sp³-hybridized carbons (Fsp3) is 1.00. The van der Waals surface area contributed by atoms with E-state index >= 15 is 0 Å². The Balaban J connectivity index is 1.75. The number of hydrogen-bond donors (Lipinski definition) is 1. The summed E-state index contributed by atoms with van der Waals surface area (Å²) in [6.45, 7) is 6.79. The maximum Gasteiger partial charge on any atom is 0.0621 e. The van der Waals surface area contributed by atoms with Crippen LogP contribution in [-0.2, 0) is 4.74 Å². The van der Waals surface area contributed by atoms with Crippen LogP contribution in [-0.4, -0.2) is 50.3 Å². The van der Waals surface area contributed by atoms with Crippen LogP contribution >= 0.6 is 0 Å². The minimum absolute atomic E-state index is 0.671. The van der Waals surface area contributed by atoms with Gasteiger partial charge in [-0.05, 0) is 58.7 Å². The smallest absolute Gasteiger partial charge is 0.0621 e. The van der Waals surface area contributed by atoms with Gasteiger partial charge in [0.05, 0.1) is 6.61 Å². The van der Waals surface area contributed by atoms with E-state index in [1.54, 1.807) is 0 Å². The number of likely N-dealkylation sites (tertiary alicyclic amines) is 1. The van der Waals surface area contributed by atoms with E-state index in [0.29, 0.717) is 12.1 Å². The van der Waals surface area contributed by atoms with Crippen LogP contribution in [0, 0.1) is 5.92 Å². The van der Waals surface area contributed by atoms with Crippen LogP contribution in [0.25, 0.3) is 0 Å². The first-order valence-electron chi connectivity index (χ1n) is 6.80. The van der Waals surface area contributed by atoms with Crippen molar-refractivity contribution in [1.29, 1.82) is 0 Å². The van der Waals surface area contributed by atoms with Crippen LogP contribution in [0.2, 0.25) is 0 Å². The minimum Gasteiger partial charge on any atom is -0.380 e. The van der Waals surface area contributed by atoms with Crippen LogP contribution < -0.4 is 5.32 Å². The second kappa shape index (κ2) is 5.99. The lowest BCUT2D eigenvalue weighted by molar-refractivity contribution is 0.00303. The molecule has 2 heterocycles. The van der Waals surface area contributed by atoms with E-state index in [4.69, 9.17) is 4.74 Å². The van der Waals surface area contributed by atoms with Crippen molar-refractivity contribution in [2.45, 2.75) is 44.7 Å². The molecule has 2 fully saturated rings. The Labute approximate surface area is 99.5 Å². The molecule has 0 radical (unpaired) electrons. The number of rotatable bonds is 3. The number of hydrogen-bond acceptors (Lipinski definition) is 3. The van der Waals surface area contributed by atoms with Gasteiger partial charge < -0.3 is 10.1 Å². The molecule has 2 aliphatic heterocycles. The number of ether oxygens (including phenoxy) is 1. The Morgan fingerprint density at radius 2 is 2.00 bits per heavy atom. The summed E-state index contributed by atoms with van der Waals surface area (Å²) in [7, 11) is 2.08. The lowest BCUT2D eigenvalue weighted by Crippen LogP contribution is -2.47. The highest BCUT2D eigenvalue weighted by Gasteiger charge is 2.28. The fourth-order valence-corrected chi connectivity index (χ4v) is 3.03. The van der Waals surface area contributed by atoms with E-state index in [0.717, 1.165) is 19.1 Å². The van der Waals surface area contributed by atoms with Crippen molar-refractivity contribution in [2.24, 2.45) is 5.92 Å². The molecule has 2 aliphatic rings. The monoisotopic (exact) mass is 226 g/mol. The van der Waals surface area contributed by atoms with Crippen molar-refractivity contribution in [2.75, 3.05) is 33.4 Å². The summed E-state index contributed by atoms with van der Waals surface area (Å²) < 4.78 is 5.58. The molecule has 0 spiro atoms. The zero-order valence-corrected chi connectivity index (χ0v) is 10.7. The van der Waals surface area contributed by atoms with Gasteiger partial charge in [-0.25, -0.2) is 0 Å². The molecule has 94 valence electrons. The van der Waals surface area contributed by atoms with Crippen LogP contribution in [0.5, 0.6) is 0 Å². The third-order valence-electron chi connectivity index (χ3n) is 4.39. The normalized spacial score (nSPS) is 31.5. The summed E-state index contributed by atoms with van der Waals surface area (Å²) in [6.07, 6.45) is 5.28. The average Bonchev–Trinajstić information content (AvgIpc) is 2.39. The van der Waals surface area contributed by atoms with E-state index in [1.165, 1.54) is 38.8 Å². The standard InChI is InChI=1S/C13H26N2O/c1-11(14-2)12-5-7-15(8-6-12)13-4-3-9-16-10-13/h11-14H,3-10H2,1-2H3. The van der Waals surface area contributed by atoms with Crippen molar-refractivity contribution in [3.05, 3.63) is 0 Å². The molecule has 2 rings (SSSR count). The quantitative estimate of drug-likeness (QED) is 0.789. The molecule has 0 amide bonds. The van der Waals surface area contributed by atoms with Gasteiger partial charge in [-0.2, -0.15) is 0 Å². The van der Waals surface area contributed by atoms with Gasteiger partial charge in [0.1, 0.15) is 0 Å². The maximum absolute atomic E-state index is 5.58. The highest BCUT2D eigenvalue weighted by Crippen LogP contribution is 2.24. The molecular weight excluding hydrogens is 200 g/mol. The molecule has 2 unspecified atom stereocenters. The van der Waals surface area contributed by atoms with Crippen LogP contribution in [0.3, 0.4) is 0 Å². The summed E-state index contributed by atoms with van der Waals surface area (Å²) >= 11 is 0. The number of nitrogens with one attached hydrogen (secondary N) is 1. The van der Waals surface area contributed by atoms with Crippen molar-refractivity contribution in [1.82, 2.24) is 10.2 Å². The number of nitrogens with zero attached hydrogens (tertiary/aromatic N) is 1. The van der Waals surface area contributed by atoms with E-state index in [1.807, 2.05) is 0 Å². The molecule has 0 bridgehead atoms. The molecule has 3 heteroatoms. The Kier molecular flexibility index (Phi) is 4.62. The summed E-state index contributed by atoms with van der Waals surface area (Å²) in [6, 6.07) is 1.38. The molecule has 16 heavy (non-hydrogen) atoms. The minimum atomic E-state index is 0.671. The Morgan fingerprint density at radius 3 is 2.56 bits per heavy atom. The van der Waals surface area contributed by atoms with Crippen molar-refractivity contribution >= 4 is 0 Å². The zero-order valence-electron chi connectivity index (χ0n) is 10.7. The van der Waals surface area contributed by atoms with E-state index in [-0.39, 0.29) is 0 Å². The van der Waals surface area contributed by atoms with E-state index in [9.17, 15) is 0 Å². The van der Waals surface area contributed by atoms with Crippen LogP contribution in [0.1, 0.15) is 32.6 Å². The Bertz CT molecular complexity index is 196. The molecule has 0 aromatic rings. The Hall–Kier alpha value is -0.120. The predicted molar refractivity (Wildman–Crippen MR) is 66.7 cm³/mol. The fourth-order valence-electron chi connectivity index (χ4n) is 3.03. The molecule has 0 aromatic carbocycles. The first kappa shape index (κ1) is 12.3. The third-order valence-corrected chi connectivity index (χ3v) is 4.39. The van der Waals surface area contributed by atoms with Gasteiger partial charge in [0.15, 0.2) is 0 Å². The van der Waals surface area contributed by atoms with Crippen LogP contribution in [0.15, 0.2) is 0 Å². The molecule has 0 aromatic heterocycles. The first-order chi connectivity index (χ1) is 7.81. The second-order valence-corrected chi connectivity index (χ2v) is 5.32. The van der Waals surface area contributed by atoms with E-state index in [2.05, 4.69) is 24.2 Å². The average molecular weight is 226 g/mol. The van der Waals surface area contributed by atoms with Gasteiger partial charge in [-0.3, -0.25) is 4.90 Å². The topological polar surface area (TPSA) is 24.5 Å². The zero-order chi connectivity index (χ0) is 11.4. The van der Waals surface area contributed by atoms with Crippen molar-refractivity contribution < 1.29 is 4.74 Å². The van der Waals surface area contributed by atoms with Crippen LogP contribution in [0.4, 0.5) is 0 Å². The molecule has 0 aliphatic carbocycles. The maximum atomic E-state index is 5.58. The highest BCUT2D eigenvalue weighted by molar-refractivity contribution is 4.83. The molecule has 1 N–H and O–H groups in total. The summed E-state index contributed by atoms with van der Waals surface area (Å²) in [4.78, 5) is 2.65. The molecule has 3 nitrogen and oxygen atoms in total. The summed E-state index contributed by atoms with van der Waals surface area (Å²) in [5.41, 5.74) is 0.